The van der Waals surface area contributed by atoms with Gasteiger partial charge in [0.15, 0.2) is 0 Å². The van der Waals surface area contributed by atoms with Gasteiger partial charge in [-0.15, -0.1) is 0 Å². The van der Waals surface area contributed by atoms with Crippen LogP contribution < -0.4 is 14.8 Å². The molecule has 6 nitrogen and oxygen atoms in total. The summed E-state index contributed by atoms with van der Waals surface area (Å²) in [5.74, 6) is -2.05. The minimum absolute atomic E-state index is 0.0547. The molecule has 1 atom stereocenters. The Balaban J connectivity index is 2.08. The number of carbonyl (C=O) groups excluding carboxylic acids is 1. The molecule has 0 aliphatic carbocycles. The lowest BCUT2D eigenvalue weighted by atomic mass is 10.2. The Labute approximate surface area is 143 Å². The second-order valence-electron chi connectivity index (χ2n) is 5.13. The van der Waals surface area contributed by atoms with Crippen molar-refractivity contribution in [1.82, 2.24) is 4.72 Å². The summed E-state index contributed by atoms with van der Waals surface area (Å²) >= 11 is 0. The summed E-state index contributed by atoms with van der Waals surface area (Å²) in [7, 11) is -2.51. The van der Waals surface area contributed by atoms with Crippen molar-refractivity contribution in [1.29, 1.82) is 0 Å². The number of amides is 1. The number of nitrogens with one attached hydrogen (secondary N) is 2. The molecule has 0 unspecified atom stereocenters. The first-order chi connectivity index (χ1) is 11.7. The highest BCUT2D eigenvalue weighted by Gasteiger charge is 2.22. The maximum atomic E-state index is 13.5. The van der Waals surface area contributed by atoms with Gasteiger partial charge in [-0.3, -0.25) is 4.79 Å². The van der Waals surface area contributed by atoms with Crippen LogP contribution in [0.2, 0.25) is 0 Å². The minimum Gasteiger partial charge on any atom is -0.497 e. The number of hydrogen-bond donors (Lipinski definition) is 2. The lowest BCUT2D eigenvalue weighted by Gasteiger charge is -2.15. The molecule has 0 saturated carbocycles. The monoisotopic (exact) mass is 370 g/mol. The fourth-order valence-corrected chi connectivity index (χ4v) is 3.14. The summed E-state index contributed by atoms with van der Waals surface area (Å²) in [5.41, 5.74) is -0.248. The lowest BCUT2D eigenvalue weighted by Crippen LogP contribution is -2.41. The summed E-state index contributed by atoms with van der Waals surface area (Å²) < 4.78 is 58.0. The van der Waals surface area contributed by atoms with Crippen LogP contribution in [0.15, 0.2) is 47.4 Å². The van der Waals surface area contributed by atoms with Gasteiger partial charge in [0.1, 0.15) is 17.4 Å². The van der Waals surface area contributed by atoms with Gasteiger partial charge in [-0.1, -0.05) is 0 Å². The van der Waals surface area contributed by atoms with Crippen LogP contribution in [0.4, 0.5) is 14.5 Å². The molecular weight excluding hydrogens is 354 g/mol. The Bertz CT molecular complexity index is 870. The van der Waals surface area contributed by atoms with Crippen molar-refractivity contribution < 1.29 is 26.7 Å². The molecule has 0 heterocycles. The van der Waals surface area contributed by atoms with E-state index in [0.717, 1.165) is 12.1 Å². The van der Waals surface area contributed by atoms with Crippen molar-refractivity contribution in [2.75, 3.05) is 12.4 Å². The van der Waals surface area contributed by atoms with E-state index in [1.54, 1.807) is 0 Å². The molecule has 1 amide bonds. The number of rotatable bonds is 6. The maximum Gasteiger partial charge on any atom is 0.242 e. The zero-order valence-electron chi connectivity index (χ0n) is 13.4. The fourth-order valence-electron chi connectivity index (χ4n) is 1.94. The highest BCUT2D eigenvalue weighted by atomic mass is 32.2. The van der Waals surface area contributed by atoms with E-state index in [-0.39, 0.29) is 10.6 Å². The Morgan fingerprint density at radius 3 is 2.32 bits per heavy atom. The Kier molecular flexibility index (Phi) is 5.70. The summed E-state index contributed by atoms with van der Waals surface area (Å²) in [6.45, 7) is 1.30. The van der Waals surface area contributed by atoms with Crippen LogP contribution in [0.5, 0.6) is 5.75 Å². The SMILES string of the molecule is COc1ccc(S(=O)(=O)N[C@H](C)C(=O)Nc2ccc(F)cc2F)cc1. The Morgan fingerprint density at radius 1 is 1.12 bits per heavy atom. The number of carbonyl (C=O) groups is 1. The minimum atomic E-state index is -3.96. The highest BCUT2D eigenvalue weighted by Crippen LogP contribution is 2.17. The van der Waals surface area contributed by atoms with Gasteiger partial charge < -0.3 is 10.1 Å². The van der Waals surface area contributed by atoms with Gasteiger partial charge in [0.25, 0.3) is 0 Å². The van der Waals surface area contributed by atoms with E-state index in [4.69, 9.17) is 4.74 Å². The first-order valence-corrected chi connectivity index (χ1v) is 8.63. The van der Waals surface area contributed by atoms with E-state index in [2.05, 4.69) is 10.0 Å². The van der Waals surface area contributed by atoms with Gasteiger partial charge in [0.2, 0.25) is 15.9 Å². The van der Waals surface area contributed by atoms with Crippen molar-refractivity contribution in [3.8, 4) is 5.75 Å². The zero-order valence-corrected chi connectivity index (χ0v) is 14.2. The topological polar surface area (TPSA) is 84.5 Å². The third-order valence-electron chi connectivity index (χ3n) is 3.28. The molecule has 0 aliphatic rings. The van der Waals surface area contributed by atoms with Crippen molar-refractivity contribution in [2.45, 2.75) is 17.9 Å². The number of halogens is 2. The molecule has 0 aromatic heterocycles. The molecule has 9 heteroatoms. The third-order valence-corrected chi connectivity index (χ3v) is 4.84. The molecule has 2 rings (SSSR count). The first-order valence-electron chi connectivity index (χ1n) is 7.15. The summed E-state index contributed by atoms with van der Waals surface area (Å²) in [6.07, 6.45) is 0. The third kappa shape index (κ3) is 4.74. The number of anilines is 1. The molecule has 0 fully saturated rings. The van der Waals surface area contributed by atoms with Crippen LogP contribution >= 0.6 is 0 Å². The number of sulfonamides is 1. The molecule has 2 aromatic rings. The number of benzene rings is 2. The first kappa shape index (κ1) is 18.8. The van der Waals surface area contributed by atoms with Crippen molar-refractivity contribution in [3.05, 3.63) is 54.1 Å². The largest absolute Gasteiger partial charge is 0.497 e. The predicted octanol–water partition coefficient (Wildman–Crippen LogP) is 2.28. The van der Waals surface area contributed by atoms with Crippen molar-refractivity contribution >= 4 is 21.6 Å². The van der Waals surface area contributed by atoms with Gasteiger partial charge in [0.05, 0.1) is 23.7 Å². The predicted molar refractivity (Wildman–Crippen MR) is 87.8 cm³/mol. The quantitative estimate of drug-likeness (QED) is 0.817. The standard InChI is InChI=1S/C16H16F2N2O4S/c1-10(16(21)19-15-8-3-11(17)9-14(15)18)20-25(22,23)13-6-4-12(24-2)5-7-13/h3-10,20H,1-2H3,(H,19,21)/t10-/m1/s1. The molecule has 0 saturated heterocycles. The lowest BCUT2D eigenvalue weighted by molar-refractivity contribution is -0.117. The van der Waals surface area contributed by atoms with Crippen LogP contribution in [0.1, 0.15) is 6.92 Å². The number of ether oxygens (including phenoxy) is 1. The zero-order chi connectivity index (χ0) is 18.6. The van der Waals surface area contributed by atoms with Gasteiger partial charge >= 0.3 is 0 Å². The van der Waals surface area contributed by atoms with E-state index in [9.17, 15) is 22.0 Å². The van der Waals surface area contributed by atoms with Gasteiger partial charge in [0, 0.05) is 6.07 Å². The van der Waals surface area contributed by atoms with Crippen molar-refractivity contribution in [2.24, 2.45) is 0 Å². The summed E-state index contributed by atoms with van der Waals surface area (Å²) in [6, 6.07) is 7.04. The maximum absolute atomic E-state index is 13.5. The van der Waals surface area contributed by atoms with Crippen LogP contribution in [0.3, 0.4) is 0 Å². The second kappa shape index (κ2) is 7.58. The molecule has 0 spiro atoms. The normalized spacial score (nSPS) is 12.5. The van der Waals surface area contributed by atoms with Gasteiger partial charge in [-0.2, -0.15) is 4.72 Å². The van der Waals surface area contributed by atoms with E-state index < -0.39 is 33.6 Å². The van der Waals surface area contributed by atoms with E-state index in [1.165, 1.54) is 38.3 Å². The van der Waals surface area contributed by atoms with Gasteiger partial charge in [-0.25, -0.2) is 17.2 Å². The van der Waals surface area contributed by atoms with Gasteiger partial charge in [-0.05, 0) is 43.3 Å². The van der Waals surface area contributed by atoms with Crippen LogP contribution in [-0.4, -0.2) is 27.5 Å². The number of hydrogen-bond acceptors (Lipinski definition) is 4. The van der Waals surface area contributed by atoms with E-state index >= 15 is 0 Å². The molecule has 2 N–H and O–H groups in total. The number of methoxy groups -OCH3 is 1. The molecule has 2 aromatic carbocycles. The van der Waals surface area contributed by atoms with E-state index in [1.807, 2.05) is 0 Å². The summed E-state index contributed by atoms with van der Waals surface area (Å²) in [4.78, 5) is 12.0. The molecule has 134 valence electrons. The second-order valence-corrected chi connectivity index (χ2v) is 6.85. The molecular formula is C16H16F2N2O4S. The van der Waals surface area contributed by atoms with Crippen LogP contribution in [0.25, 0.3) is 0 Å². The Hall–Kier alpha value is -2.52. The molecule has 25 heavy (non-hydrogen) atoms. The molecule has 0 bridgehead atoms. The van der Waals surface area contributed by atoms with Crippen molar-refractivity contribution in [3.63, 3.8) is 0 Å². The average molecular weight is 370 g/mol. The highest BCUT2D eigenvalue weighted by molar-refractivity contribution is 7.89. The fraction of sp³-hybridized carbons (Fsp3) is 0.188. The Morgan fingerprint density at radius 2 is 1.76 bits per heavy atom. The smallest absolute Gasteiger partial charge is 0.242 e. The average Bonchev–Trinajstić information content (AvgIpc) is 2.57. The van der Waals surface area contributed by atoms with Crippen LogP contribution in [0, 0.1) is 11.6 Å². The van der Waals surface area contributed by atoms with E-state index in [0.29, 0.717) is 11.8 Å². The van der Waals surface area contributed by atoms with Crippen LogP contribution in [-0.2, 0) is 14.8 Å². The summed E-state index contributed by atoms with van der Waals surface area (Å²) in [5, 5.41) is 2.20. The molecule has 0 aliphatic heterocycles. The molecule has 0 radical (unpaired) electrons.